The summed E-state index contributed by atoms with van der Waals surface area (Å²) in [7, 11) is 0. The topological polar surface area (TPSA) is 135 Å². The summed E-state index contributed by atoms with van der Waals surface area (Å²) in [5.74, 6) is 0.365. The Morgan fingerprint density at radius 3 is 1.57 bits per heavy atom. The molecule has 4 heterocycles. The van der Waals surface area contributed by atoms with Crippen molar-refractivity contribution < 1.29 is 46.1 Å². The van der Waals surface area contributed by atoms with E-state index < -0.39 is 28.7 Å². The number of hydrogen-bond donors (Lipinski definition) is 2. The quantitative estimate of drug-likeness (QED) is 0.116. The minimum Gasteiger partial charge on any atom is -0.395 e. The van der Waals surface area contributed by atoms with Crippen molar-refractivity contribution in [2.24, 2.45) is 0 Å². The van der Waals surface area contributed by atoms with Crippen LogP contribution < -0.4 is 30.0 Å². The van der Waals surface area contributed by atoms with E-state index in [4.69, 9.17) is 40.5 Å². The average Bonchev–Trinajstić information content (AvgIpc) is 3.92. The van der Waals surface area contributed by atoms with E-state index in [2.05, 4.69) is 34.2 Å². The highest BCUT2D eigenvalue weighted by Gasteiger charge is 2.53. The highest BCUT2D eigenvalue weighted by Crippen LogP contribution is 2.54. The first-order chi connectivity index (χ1) is 23.9. The molecule has 2 aromatic heterocycles. The summed E-state index contributed by atoms with van der Waals surface area (Å²) in [6.45, 7) is 3.76. The van der Waals surface area contributed by atoms with Crippen LogP contribution in [-0.2, 0) is 20.4 Å². The van der Waals surface area contributed by atoms with E-state index in [1.807, 2.05) is 13.8 Å². The van der Waals surface area contributed by atoms with Gasteiger partial charge in [-0.25, -0.2) is 9.97 Å². The maximum absolute atomic E-state index is 13.2. The van der Waals surface area contributed by atoms with Gasteiger partial charge in [-0.1, -0.05) is 35.3 Å². The lowest BCUT2D eigenvalue weighted by atomic mass is 9.94. The zero-order valence-electron chi connectivity index (χ0n) is 26.7. The Hall–Kier alpha value is -4.53. The van der Waals surface area contributed by atoms with Gasteiger partial charge in [-0.05, 0) is 122 Å². The van der Waals surface area contributed by atoms with Crippen molar-refractivity contribution in [1.29, 1.82) is 0 Å². The van der Waals surface area contributed by atoms with Crippen LogP contribution in [0.4, 0.5) is 29.2 Å². The molecule has 2 saturated carbocycles. The van der Waals surface area contributed by atoms with Crippen LogP contribution in [0.5, 0.6) is 23.0 Å². The molecule has 10 nitrogen and oxygen atoms in total. The Morgan fingerprint density at radius 1 is 0.686 bits per heavy atom. The average molecular weight is 770 g/mol. The number of aryl methyl sites for hydroxylation is 2. The van der Waals surface area contributed by atoms with Gasteiger partial charge in [0.1, 0.15) is 21.9 Å². The van der Waals surface area contributed by atoms with Gasteiger partial charge in [0.25, 0.3) is 0 Å². The Bertz CT molecular complexity index is 1970. The van der Waals surface area contributed by atoms with Crippen LogP contribution in [0, 0.1) is 13.8 Å². The van der Waals surface area contributed by atoms with E-state index >= 15 is 0 Å². The fraction of sp³-hybridized carbons (Fsp3) is 0.294. The van der Waals surface area contributed by atoms with Gasteiger partial charge in [-0.15, -0.1) is 17.6 Å². The molecule has 0 unspecified atom stereocenters. The molecule has 0 radical (unpaired) electrons. The molecule has 17 heteroatoms. The number of rotatable bonds is 5. The number of fused-ring (bicyclic) bond motifs is 2. The van der Waals surface area contributed by atoms with E-state index in [0.29, 0.717) is 53.6 Å². The summed E-state index contributed by atoms with van der Waals surface area (Å²) in [6, 6.07) is 15.7. The molecule has 4 aromatic rings. The standard InChI is InChI=1S/C17H13ClF2N2O3.C11H7ClF2O3.C6H7ClN2/c1-9-6-13(18)21-14(7-9)22-15(23)16(4-5-16)10-2-3-11-12(8-10)25-17(19,20)24-11;12-9(15)10(3-4-10)6-1-2-7-8(5-6)17-11(13,14)16-7;1-4-2-5(7)9-6(8)3-4/h2-3,6-8H,4-5H2,1H3,(H,21,22,23);1-2,5H,3-4H2;2-3H,1H3,(H2,8,9). The van der Waals surface area contributed by atoms with E-state index in [9.17, 15) is 27.2 Å². The van der Waals surface area contributed by atoms with Gasteiger partial charge in [0, 0.05) is 0 Å². The number of nitrogens with two attached hydrogens (primary N) is 1. The van der Waals surface area contributed by atoms with Gasteiger partial charge in [0.05, 0.1) is 10.8 Å². The third kappa shape index (κ3) is 8.03. The highest BCUT2D eigenvalue weighted by atomic mass is 35.5. The summed E-state index contributed by atoms with van der Waals surface area (Å²) in [4.78, 5) is 31.9. The highest BCUT2D eigenvalue weighted by molar-refractivity contribution is 6.66. The van der Waals surface area contributed by atoms with Crippen LogP contribution in [-0.4, -0.2) is 33.7 Å². The lowest BCUT2D eigenvalue weighted by Crippen LogP contribution is -2.28. The van der Waals surface area contributed by atoms with Crippen molar-refractivity contribution in [1.82, 2.24) is 9.97 Å². The third-order valence-electron chi connectivity index (χ3n) is 8.36. The zero-order chi connectivity index (χ0) is 36.9. The number of nitrogens with one attached hydrogen (secondary N) is 1. The third-order valence-corrected chi connectivity index (χ3v) is 9.11. The number of alkyl halides is 4. The molecule has 0 atom stereocenters. The van der Waals surface area contributed by atoms with Crippen LogP contribution in [0.15, 0.2) is 60.7 Å². The van der Waals surface area contributed by atoms with E-state index in [0.717, 1.165) is 11.1 Å². The smallest absolute Gasteiger partial charge is 0.395 e. The van der Waals surface area contributed by atoms with Crippen LogP contribution >= 0.6 is 34.8 Å². The number of pyridine rings is 2. The maximum atomic E-state index is 13.2. The molecule has 3 N–H and O–H groups in total. The number of nitrogens with zero attached hydrogens (tertiary/aromatic N) is 2. The zero-order valence-corrected chi connectivity index (χ0v) is 28.9. The van der Waals surface area contributed by atoms with Crippen LogP contribution in [0.25, 0.3) is 0 Å². The Balaban J connectivity index is 0.000000148. The molecule has 268 valence electrons. The van der Waals surface area contributed by atoms with Gasteiger partial charge < -0.3 is 30.0 Å². The molecule has 2 aliphatic heterocycles. The summed E-state index contributed by atoms with van der Waals surface area (Å²) in [5, 5.41) is 3.02. The molecule has 2 aromatic carbocycles. The van der Waals surface area contributed by atoms with Crippen molar-refractivity contribution in [3.05, 3.63) is 93.2 Å². The van der Waals surface area contributed by atoms with Crippen molar-refractivity contribution in [2.45, 2.75) is 63.0 Å². The first-order valence-electron chi connectivity index (χ1n) is 15.2. The Morgan fingerprint density at radius 2 is 1.14 bits per heavy atom. The van der Waals surface area contributed by atoms with Gasteiger partial charge in [0.15, 0.2) is 23.0 Å². The molecule has 8 rings (SSSR count). The number of halogens is 7. The minimum absolute atomic E-state index is 0.0310. The van der Waals surface area contributed by atoms with Crippen molar-refractivity contribution in [2.75, 3.05) is 11.1 Å². The van der Waals surface area contributed by atoms with Crippen LogP contribution in [0.2, 0.25) is 10.3 Å². The number of carbonyl (C=O) groups is 2. The van der Waals surface area contributed by atoms with Gasteiger partial charge in [-0.2, -0.15) is 0 Å². The first-order valence-corrected chi connectivity index (χ1v) is 16.4. The van der Waals surface area contributed by atoms with Gasteiger partial charge in [0.2, 0.25) is 11.1 Å². The second kappa shape index (κ2) is 13.2. The second-order valence-corrected chi connectivity index (χ2v) is 13.4. The number of carbonyl (C=O) groups excluding carboxylic acids is 2. The normalized spacial score (nSPS) is 18.3. The number of nitrogen functional groups attached to an aromatic ring is 1. The first kappa shape index (κ1) is 36.3. The number of benzene rings is 2. The molecule has 1 amide bonds. The predicted octanol–water partition coefficient (Wildman–Crippen LogP) is 8.47. The number of hydrogen-bond acceptors (Lipinski definition) is 9. The Labute approximate surface area is 303 Å². The van der Waals surface area contributed by atoms with Crippen molar-refractivity contribution in [3.63, 3.8) is 0 Å². The lowest BCUT2D eigenvalue weighted by molar-refractivity contribution is -0.287. The van der Waals surface area contributed by atoms with E-state index in [1.165, 1.54) is 24.3 Å². The number of aromatic nitrogens is 2. The number of amides is 1. The number of ether oxygens (including phenoxy) is 4. The molecule has 4 aliphatic rings. The molecular weight excluding hydrogens is 743 g/mol. The van der Waals surface area contributed by atoms with E-state index in [-0.39, 0.29) is 34.1 Å². The fourth-order valence-electron chi connectivity index (χ4n) is 5.56. The summed E-state index contributed by atoms with van der Waals surface area (Å²) in [5.41, 5.74) is 6.95. The van der Waals surface area contributed by atoms with Crippen LogP contribution in [0.3, 0.4) is 0 Å². The molecule has 0 bridgehead atoms. The molecular formula is C34H27Cl3F4N4O6. The molecule has 0 saturated heterocycles. The lowest BCUT2D eigenvalue weighted by Gasteiger charge is -2.16. The summed E-state index contributed by atoms with van der Waals surface area (Å²) in [6.07, 6.45) is -4.84. The molecule has 0 spiro atoms. The Kier molecular flexibility index (Phi) is 9.40. The fourth-order valence-corrected chi connectivity index (χ4v) is 6.40. The maximum Gasteiger partial charge on any atom is 0.586 e. The van der Waals surface area contributed by atoms with Gasteiger partial charge in [-0.3, -0.25) is 9.59 Å². The predicted molar refractivity (Wildman–Crippen MR) is 179 cm³/mol. The van der Waals surface area contributed by atoms with Crippen molar-refractivity contribution in [3.8, 4) is 23.0 Å². The van der Waals surface area contributed by atoms with E-state index in [1.54, 1.807) is 36.4 Å². The SMILES string of the molecule is Cc1cc(Cl)nc(NC(=O)C2(c3ccc4c(c3)OC(F)(F)O4)CC2)c1.Cc1cc(N)nc(Cl)c1.O=C(Cl)C1(c2ccc3c(c2)OC(F)(F)O3)CC1. The van der Waals surface area contributed by atoms with Gasteiger partial charge >= 0.3 is 12.6 Å². The number of anilines is 2. The molecule has 51 heavy (non-hydrogen) atoms. The monoisotopic (exact) mass is 768 g/mol. The summed E-state index contributed by atoms with van der Waals surface area (Å²) >= 11 is 17.0. The molecule has 2 fully saturated rings. The van der Waals surface area contributed by atoms with Crippen LogP contribution in [0.1, 0.15) is 47.9 Å². The van der Waals surface area contributed by atoms with Crippen molar-refractivity contribution >= 4 is 57.6 Å². The molecule has 2 aliphatic carbocycles. The minimum atomic E-state index is -3.68. The second-order valence-electron chi connectivity index (χ2n) is 12.3. The largest absolute Gasteiger partial charge is 0.586 e. The summed E-state index contributed by atoms with van der Waals surface area (Å²) < 4.78 is 69.4.